The van der Waals surface area contributed by atoms with Gasteiger partial charge in [-0.2, -0.15) is 5.10 Å². The standard InChI is InChI=1S/C16H20N4O/c1-20(11-15-8-9-17-19-15)16(21)18-14-7-6-12-4-2-3-5-13(12)10-14/h2-5,8-9,14H,6-7,10-11H2,1H3,(H,17,19)(H,18,21)/t14-/m0/s1. The molecular weight excluding hydrogens is 264 g/mol. The smallest absolute Gasteiger partial charge is 0.317 e. The molecule has 110 valence electrons. The fourth-order valence-corrected chi connectivity index (χ4v) is 2.81. The zero-order chi connectivity index (χ0) is 14.7. The third-order valence-corrected chi connectivity index (χ3v) is 3.99. The predicted octanol–water partition coefficient (Wildman–Crippen LogP) is 2.11. The van der Waals surface area contributed by atoms with Crippen molar-refractivity contribution in [2.24, 2.45) is 0 Å². The number of aromatic amines is 1. The van der Waals surface area contributed by atoms with Crippen molar-refractivity contribution in [3.05, 3.63) is 53.3 Å². The number of aromatic nitrogens is 2. The van der Waals surface area contributed by atoms with Crippen LogP contribution in [-0.4, -0.2) is 34.2 Å². The van der Waals surface area contributed by atoms with Crippen molar-refractivity contribution < 1.29 is 4.79 Å². The lowest BCUT2D eigenvalue weighted by Gasteiger charge is -2.27. The maximum Gasteiger partial charge on any atom is 0.317 e. The van der Waals surface area contributed by atoms with Crippen LogP contribution in [0.5, 0.6) is 0 Å². The van der Waals surface area contributed by atoms with E-state index in [4.69, 9.17) is 0 Å². The summed E-state index contributed by atoms with van der Waals surface area (Å²) in [4.78, 5) is 13.9. The highest BCUT2D eigenvalue weighted by Crippen LogP contribution is 2.21. The number of carbonyl (C=O) groups excluding carboxylic acids is 1. The van der Waals surface area contributed by atoms with Crippen molar-refractivity contribution in [3.63, 3.8) is 0 Å². The Hall–Kier alpha value is -2.30. The Bertz CT molecular complexity index is 608. The van der Waals surface area contributed by atoms with Gasteiger partial charge in [-0.15, -0.1) is 0 Å². The highest BCUT2D eigenvalue weighted by molar-refractivity contribution is 5.74. The third kappa shape index (κ3) is 3.24. The van der Waals surface area contributed by atoms with E-state index in [2.05, 4.69) is 39.8 Å². The van der Waals surface area contributed by atoms with E-state index >= 15 is 0 Å². The van der Waals surface area contributed by atoms with E-state index in [9.17, 15) is 4.79 Å². The molecule has 0 saturated carbocycles. The van der Waals surface area contributed by atoms with Crippen molar-refractivity contribution >= 4 is 6.03 Å². The number of benzene rings is 1. The summed E-state index contributed by atoms with van der Waals surface area (Å²) < 4.78 is 0. The lowest BCUT2D eigenvalue weighted by atomic mass is 9.88. The molecule has 0 bridgehead atoms. The SMILES string of the molecule is CN(Cc1ccn[nH]1)C(=O)N[C@H]1CCc2ccccc2C1. The summed E-state index contributed by atoms with van der Waals surface area (Å²) in [5, 5.41) is 9.88. The van der Waals surface area contributed by atoms with Gasteiger partial charge in [0.15, 0.2) is 0 Å². The molecule has 5 heteroatoms. The van der Waals surface area contributed by atoms with Crippen LogP contribution >= 0.6 is 0 Å². The van der Waals surface area contributed by atoms with Crippen LogP contribution in [0.4, 0.5) is 4.79 Å². The number of nitrogens with one attached hydrogen (secondary N) is 2. The van der Waals surface area contributed by atoms with Crippen LogP contribution in [0.15, 0.2) is 36.5 Å². The van der Waals surface area contributed by atoms with Crippen molar-refractivity contribution in [1.29, 1.82) is 0 Å². The Kier molecular flexibility index (Phi) is 3.90. The summed E-state index contributed by atoms with van der Waals surface area (Å²) in [5.41, 5.74) is 3.70. The van der Waals surface area contributed by atoms with Crippen LogP contribution in [0.3, 0.4) is 0 Å². The third-order valence-electron chi connectivity index (χ3n) is 3.99. The van der Waals surface area contributed by atoms with Gasteiger partial charge in [-0.1, -0.05) is 24.3 Å². The van der Waals surface area contributed by atoms with Gasteiger partial charge in [0.2, 0.25) is 0 Å². The molecule has 5 nitrogen and oxygen atoms in total. The highest BCUT2D eigenvalue weighted by atomic mass is 16.2. The van der Waals surface area contributed by atoms with Gasteiger partial charge in [-0.3, -0.25) is 5.10 Å². The quantitative estimate of drug-likeness (QED) is 0.907. The van der Waals surface area contributed by atoms with E-state index in [-0.39, 0.29) is 12.1 Å². The molecule has 0 unspecified atom stereocenters. The lowest BCUT2D eigenvalue weighted by molar-refractivity contribution is 0.200. The summed E-state index contributed by atoms with van der Waals surface area (Å²) in [6, 6.07) is 10.5. The number of nitrogens with zero attached hydrogens (tertiary/aromatic N) is 2. The lowest BCUT2D eigenvalue weighted by Crippen LogP contribution is -2.45. The molecule has 0 radical (unpaired) electrons. The molecule has 1 aromatic carbocycles. The summed E-state index contributed by atoms with van der Waals surface area (Å²) in [5.74, 6) is 0. The molecule has 0 saturated heterocycles. The Balaban J connectivity index is 1.56. The maximum absolute atomic E-state index is 12.2. The monoisotopic (exact) mass is 284 g/mol. The van der Waals surface area contributed by atoms with Crippen molar-refractivity contribution in [3.8, 4) is 0 Å². The zero-order valence-electron chi connectivity index (χ0n) is 12.2. The van der Waals surface area contributed by atoms with Gasteiger partial charge in [0.05, 0.1) is 12.2 Å². The molecule has 0 aliphatic heterocycles. The highest BCUT2D eigenvalue weighted by Gasteiger charge is 2.21. The van der Waals surface area contributed by atoms with Crippen LogP contribution in [-0.2, 0) is 19.4 Å². The predicted molar refractivity (Wildman–Crippen MR) is 80.8 cm³/mol. The number of hydrogen-bond acceptors (Lipinski definition) is 2. The van der Waals surface area contributed by atoms with E-state index in [0.717, 1.165) is 25.0 Å². The molecule has 1 aliphatic carbocycles. The van der Waals surface area contributed by atoms with E-state index < -0.39 is 0 Å². The molecule has 0 spiro atoms. The topological polar surface area (TPSA) is 61.0 Å². The van der Waals surface area contributed by atoms with E-state index in [1.807, 2.05) is 6.07 Å². The number of hydrogen-bond donors (Lipinski definition) is 2. The summed E-state index contributed by atoms with van der Waals surface area (Å²) in [6.07, 6.45) is 4.64. The second kappa shape index (κ2) is 5.99. The maximum atomic E-state index is 12.2. The Morgan fingerprint density at radius 3 is 2.95 bits per heavy atom. The molecule has 1 atom stereocenters. The minimum atomic E-state index is -0.0334. The van der Waals surface area contributed by atoms with Crippen LogP contribution in [0.25, 0.3) is 0 Å². The van der Waals surface area contributed by atoms with Crippen molar-refractivity contribution in [2.45, 2.75) is 31.8 Å². The van der Waals surface area contributed by atoms with Gasteiger partial charge in [0, 0.05) is 19.3 Å². The van der Waals surface area contributed by atoms with E-state index in [0.29, 0.717) is 6.54 Å². The number of H-pyrrole nitrogens is 1. The molecule has 2 N–H and O–H groups in total. The van der Waals surface area contributed by atoms with Crippen LogP contribution < -0.4 is 5.32 Å². The molecule has 0 fully saturated rings. The summed E-state index contributed by atoms with van der Waals surface area (Å²) in [6.45, 7) is 0.537. The molecule has 1 aliphatic rings. The molecule has 2 amide bonds. The fourth-order valence-electron chi connectivity index (χ4n) is 2.81. The number of urea groups is 1. The number of carbonyl (C=O) groups is 1. The molecule has 2 aromatic rings. The average Bonchev–Trinajstić information content (AvgIpc) is 3.00. The number of fused-ring (bicyclic) bond motifs is 1. The van der Waals surface area contributed by atoms with Crippen LogP contribution in [0.1, 0.15) is 23.2 Å². The Morgan fingerprint density at radius 1 is 1.38 bits per heavy atom. The molecule has 3 rings (SSSR count). The second-order valence-electron chi connectivity index (χ2n) is 5.60. The van der Waals surface area contributed by atoms with Gasteiger partial charge >= 0.3 is 6.03 Å². The first-order chi connectivity index (χ1) is 10.2. The first-order valence-electron chi connectivity index (χ1n) is 7.29. The Morgan fingerprint density at radius 2 is 2.19 bits per heavy atom. The molecule has 1 aromatic heterocycles. The van der Waals surface area contributed by atoms with Crippen molar-refractivity contribution in [1.82, 2.24) is 20.4 Å². The van der Waals surface area contributed by atoms with Gasteiger partial charge < -0.3 is 10.2 Å². The average molecular weight is 284 g/mol. The number of rotatable bonds is 3. The van der Waals surface area contributed by atoms with Crippen LogP contribution in [0, 0.1) is 0 Å². The van der Waals surface area contributed by atoms with Gasteiger partial charge in [0.25, 0.3) is 0 Å². The Labute approximate surface area is 124 Å². The normalized spacial score (nSPS) is 17.1. The summed E-state index contributed by atoms with van der Waals surface area (Å²) in [7, 11) is 1.80. The molecular formula is C16H20N4O. The van der Waals surface area contributed by atoms with Crippen LogP contribution in [0.2, 0.25) is 0 Å². The first-order valence-corrected chi connectivity index (χ1v) is 7.29. The van der Waals surface area contributed by atoms with E-state index in [1.165, 1.54) is 11.1 Å². The first kappa shape index (κ1) is 13.7. The minimum Gasteiger partial charge on any atom is -0.335 e. The molecule has 1 heterocycles. The largest absolute Gasteiger partial charge is 0.335 e. The van der Waals surface area contributed by atoms with E-state index in [1.54, 1.807) is 18.1 Å². The van der Waals surface area contributed by atoms with Gasteiger partial charge in [-0.05, 0) is 36.5 Å². The fraction of sp³-hybridized carbons (Fsp3) is 0.375. The summed E-state index contributed by atoms with van der Waals surface area (Å²) >= 11 is 0. The zero-order valence-corrected chi connectivity index (χ0v) is 12.2. The minimum absolute atomic E-state index is 0.0334. The number of amides is 2. The van der Waals surface area contributed by atoms with Gasteiger partial charge in [-0.25, -0.2) is 4.79 Å². The second-order valence-corrected chi connectivity index (χ2v) is 5.60. The molecule has 21 heavy (non-hydrogen) atoms. The van der Waals surface area contributed by atoms with Gasteiger partial charge in [0.1, 0.15) is 0 Å². The van der Waals surface area contributed by atoms with Crippen molar-refractivity contribution in [2.75, 3.05) is 7.05 Å². The number of aryl methyl sites for hydroxylation is 1.